The van der Waals surface area contributed by atoms with E-state index in [2.05, 4.69) is 139 Å². The second-order valence-electron chi connectivity index (χ2n) is 13.5. The minimum Gasteiger partial charge on any atom is -0.399 e. The highest BCUT2D eigenvalue weighted by atomic mass is 16.7. The smallest absolute Gasteiger partial charge is 0.399 e. The lowest BCUT2D eigenvalue weighted by atomic mass is 9.75. The molecule has 2 fully saturated rings. The third-order valence-electron chi connectivity index (χ3n) is 9.88. The number of benzene rings is 4. The number of fused-ring (bicyclic) bond motifs is 5. The summed E-state index contributed by atoms with van der Waals surface area (Å²) in [6.07, 6.45) is 0. The Labute approximate surface area is 243 Å². The van der Waals surface area contributed by atoms with Crippen molar-refractivity contribution in [3.8, 4) is 5.69 Å². The Morgan fingerprint density at radius 2 is 1.05 bits per heavy atom. The van der Waals surface area contributed by atoms with Crippen molar-refractivity contribution in [3.63, 3.8) is 0 Å². The lowest BCUT2D eigenvalue weighted by Gasteiger charge is -2.32. The largest absolute Gasteiger partial charge is 0.495 e. The van der Waals surface area contributed by atoms with E-state index in [1.165, 1.54) is 16.2 Å². The van der Waals surface area contributed by atoms with Gasteiger partial charge >= 0.3 is 14.2 Å². The minimum absolute atomic E-state index is 0.410. The van der Waals surface area contributed by atoms with Crippen molar-refractivity contribution in [1.82, 2.24) is 4.57 Å². The first-order valence-electron chi connectivity index (χ1n) is 14.6. The molecule has 41 heavy (non-hydrogen) atoms. The predicted molar refractivity (Wildman–Crippen MR) is 170 cm³/mol. The molecule has 208 valence electrons. The van der Waals surface area contributed by atoms with Gasteiger partial charge in [-0.25, -0.2) is 0 Å². The summed E-state index contributed by atoms with van der Waals surface area (Å²) in [6.45, 7) is 16.8. The van der Waals surface area contributed by atoms with Crippen LogP contribution in [0.15, 0.2) is 78.9 Å². The summed E-state index contributed by atoms with van der Waals surface area (Å²) in [5.41, 5.74) is 3.67. The molecule has 5 aromatic rings. The topological polar surface area (TPSA) is 41.9 Å². The van der Waals surface area contributed by atoms with E-state index < -0.39 is 36.6 Å². The van der Waals surface area contributed by atoms with E-state index in [4.69, 9.17) is 18.6 Å². The number of hydrogen-bond donors (Lipinski definition) is 0. The van der Waals surface area contributed by atoms with Gasteiger partial charge in [0.05, 0.1) is 33.4 Å². The van der Waals surface area contributed by atoms with Crippen LogP contribution >= 0.6 is 0 Å². The van der Waals surface area contributed by atoms with Gasteiger partial charge in [-0.3, -0.25) is 0 Å². The quantitative estimate of drug-likeness (QED) is 0.242. The van der Waals surface area contributed by atoms with E-state index in [-0.39, 0.29) is 0 Å². The van der Waals surface area contributed by atoms with E-state index in [1.54, 1.807) is 0 Å². The van der Waals surface area contributed by atoms with Crippen molar-refractivity contribution in [1.29, 1.82) is 0 Å². The zero-order chi connectivity index (χ0) is 28.9. The van der Waals surface area contributed by atoms with Crippen molar-refractivity contribution < 1.29 is 18.6 Å². The molecule has 0 radical (unpaired) electrons. The fourth-order valence-corrected chi connectivity index (χ4v) is 6.07. The molecule has 0 spiro atoms. The molecule has 1 aromatic heterocycles. The zero-order valence-corrected chi connectivity index (χ0v) is 25.2. The van der Waals surface area contributed by atoms with Crippen molar-refractivity contribution in [2.45, 2.75) is 77.8 Å². The first-order valence-corrected chi connectivity index (χ1v) is 14.6. The van der Waals surface area contributed by atoms with Crippen LogP contribution in [0.5, 0.6) is 0 Å². The van der Waals surface area contributed by atoms with Crippen LogP contribution < -0.4 is 10.9 Å². The van der Waals surface area contributed by atoms with Crippen molar-refractivity contribution in [2.75, 3.05) is 0 Å². The predicted octanol–water partition coefficient (Wildman–Crippen LogP) is 6.54. The number of rotatable bonds is 3. The molecular weight excluding hydrogens is 508 g/mol. The van der Waals surface area contributed by atoms with Gasteiger partial charge in [-0.05, 0) is 101 Å². The van der Waals surface area contributed by atoms with Crippen LogP contribution in [0.3, 0.4) is 0 Å². The van der Waals surface area contributed by atoms with E-state index in [9.17, 15) is 0 Å². The standard InChI is InChI=1S/C34H37B2NO4/c1-31(2)32(3,4)39-35(38-31)22-18-19-26-28(20-22)37(23-14-10-9-11-15-23)29-21-27(24-16-12-13-17-25(24)30(26)29)36-40-33(5,6)34(7,8)41-36/h9-21H,1-8H3. The second-order valence-corrected chi connectivity index (χ2v) is 13.5. The van der Waals surface area contributed by atoms with Crippen molar-refractivity contribution >= 4 is 57.7 Å². The Morgan fingerprint density at radius 1 is 0.512 bits per heavy atom. The van der Waals surface area contributed by atoms with Gasteiger partial charge in [0.2, 0.25) is 0 Å². The first kappa shape index (κ1) is 26.8. The molecule has 0 saturated carbocycles. The Morgan fingerprint density at radius 3 is 1.66 bits per heavy atom. The number of para-hydroxylation sites is 1. The zero-order valence-electron chi connectivity index (χ0n) is 25.2. The normalized spacial score (nSPS) is 21.0. The molecule has 2 saturated heterocycles. The molecule has 0 bridgehead atoms. The fraction of sp³-hybridized carbons (Fsp3) is 0.353. The van der Waals surface area contributed by atoms with Crippen LogP contribution in [0, 0.1) is 0 Å². The third-order valence-corrected chi connectivity index (χ3v) is 9.88. The van der Waals surface area contributed by atoms with Gasteiger partial charge < -0.3 is 23.2 Å². The van der Waals surface area contributed by atoms with Crippen LogP contribution in [-0.2, 0) is 18.6 Å². The molecule has 0 atom stereocenters. The van der Waals surface area contributed by atoms with Crippen LogP contribution in [0.4, 0.5) is 0 Å². The van der Waals surface area contributed by atoms with Gasteiger partial charge in [0, 0.05) is 16.5 Å². The van der Waals surface area contributed by atoms with Crippen LogP contribution in [0.2, 0.25) is 0 Å². The Hall–Kier alpha value is -3.09. The number of hydrogen-bond acceptors (Lipinski definition) is 4. The van der Waals surface area contributed by atoms with Crippen molar-refractivity contribution in [2.24, 2.45) is 0 Å². The minimum atomic E-state index is -0.475. The third kappa shape index (κ3) is 3.94. The number of aromatic nitrogens is 1. The monoisotopic (exact) mass is 545 g/mol. The molecule has 2 aliphatic rings. The molecule has 0 amide bonds. The molecule has 7 rings (SSSR count). The Bertz CT molecular complexity index is 1790. The van der Waals surface area contributed by atoms with E-state index in [0.29, 0.717) is 0 Å². The summed E-state index contributed by atoms with van der Waals surface area (Å²) in [5, 5.41) is 4.71. The van der Waals surface area contributed by atoms with Crippen LogP contribution in [0.1, 0.15) is 55.4 Å². The van der Waals surface area contributed by atoms with Crippen LogP contribution in [-0.4, -0.2) is 41.2 Å². The average molecular weight is 545 g/mol. The summed E-state index contributed by atoms with van der Waals surface area (Å²) < 4.78 is 28.4. The van der Waals surface area contributed by atoms with Gasteiger partial charge in [0.25, 0.3) is 0 Å². The summed E-state index contributed by atoms with van der Waals surface area (Å²) in [7, 11) is -0.916. The summed E-state index contributed by atoms with van der Waals surface area (Å²) >= 11 is 0. The van der Waals surface area contributed by atoms with Crippen molar-refractivity contribution in [3.05, 3.63) is 78.9 Å². The molecule has 0 aliphatic carbocycles. The summed E-state index contributed by atoms with van der Waals surface area (Å²) in [6, 6.07) is 28.0. The highest BCUT2D eigenvalue weighted by Crippen LogP contribution is 2.41. The lowest BCUT2D eigenvalue weighted by molar-refractivity contribution is 0.00578. The fourth-order valence-electron chi connectivity index (χ4n) is 6.07. The molecule has 5 nitrogen and oxygen atoms in total. The maximum Gasteiger partial charge on any atom is 0.495 e. The summed E-state index contributed by atoms with van der Waals surface area (Å²) in [5.74, 6) is 0. The maximum absolute atomic E-state index is 6.59. The molecule has 0 unspecified atom stereocenters. The SMILES string of the molecule is CC1(C)OB(c2ccc3c4c5ccccc5c(B5OC(C)(C)C(C)(C)O5)cc4n(-c4ccccc4)c3c2)OC1(C)C. The number of nitrogens with zero attached hydrogens (tertiary/aromatic N) is 1. The highest BCUT2D eigenvalue weighted by molar-refractivity contribution is 6.66. The van der Waals surface area contributed by atoms with Gasteiger partial charge in [-0.1, -0.05) is 54.6 Å². The first-order chi connectivity index (χ1) is 19.3. The molecule has 2 aliphatic heterocycles. The molecule has 0 N–H and O–H groups in total. The van der Waals surface area contributed by atoms with Crippen LogP contribution in [0.25, 0.3) is 38.3 Å². The Balaban J connectivity index is 1.52. The van der Waals surface area contributed by atoms with E-state index in [0.717, 1.165) is 33.0 Å². The van der Waals surface area contributed by atoms with Gasteiger partial charge in [0.1, 0.15) is 0 Å². The molecule has 4 aromatic carbocycles. The highest BCUT2D eigenvalue weighted by Gasteiger charge is 2.53. The summed E-state index contributed by atoms with van der Waals surface area (Å²) in [4.78, 5) is 0. The average Bonchev–Trinajstić information content (AvgIpc) is 3.45. The van der Waals surface area contributed by atoms with Gasteiger partial charge in [-0.2, -0.15) is 0 Å². The van der Waals surface area contributed by atoms with E-state index >= 15 is 0 Å². The molecule has 7 heteroatoms. The Kier molecular flexibility index (Phi) is 5.69. The molecular formula is C34H37B2NO4. The van der Waals surface area contributed by atoms with Gasteiger partial charge in [0.15, 0.2) is 0 Å². The molecule has 3 heterocycles. The lowest BCUT2D eigenvalue weighted by Crippen LogP contribution is -2.41. The second kappa shape index (κ2) is 8.71. The maximum atomic E-state index is 6.59. The van der Waals surface area contributed by atoms with E-state index in [1.807, 2.05) is 0 Å². The van der Waals surface area contributed by atoms with Gasteiger partial charge in [-0.15, -0.1) is 0 Å².